The summed E-state index contributed by atoms with van der Waals surface area (Å²) in [5.74, 6) is -1.57. The summed E-state index contributed by atoms with van der Waals surface area (Å²) in [4.78, 5) is 27.6. The van der Waals surface area contributed by atoms with Gasteiger partial charge in [-0.2, -0.15) is 0 Å². The van der Waals surface area contributed by atoms with Gasteiger partial charge in [-0.3, -0.25) is 4.79 Å². The van der Waals surface area contributed by atoms with E-state index in [1.54, 1.807) is 24.3 Å². The average Bonchev–Trinajstić information content (AvgIpc) is 2.46. The molecule has 5 heteroatoms. The van der Waals surface area contributed by atoms with Crippen molar-refractivity contribution in [3.63, 3.8) is 0 Å². The van der Waals surface area contributed by atoms with Crippen LogP contribution in [0, 0.1) is 5.92 Å². The molecule has 102 valence electrons. The third-order valence-electron chi connectivity index (χ3n) is 3.35. The zero-order chi connectivity index (χ0) is 13.7. The van der Waals surface area contributed by atoms with Gasteiger partial charge in [-0.15, -0.1) is 5.48 Å². The summed E-state index contributed by atoms with van der Waals surface area (Å²) in [6.07, 6.45) is 2.85. The molecule has 0 unspecified atom stereocenters. The Morgan fingerprint density at radius 2 is 1.95 bits per heavy atom. The normalized spacial score (nSPS) is 22.7. The van der Waals surface area contributed by atoms with Gasteiger partial charge in [0, 0.05) is 6.04 Å². The predicted molar refractivity (Wildman–Crippen MR) is 68.4 cm³/mol. The quantitative estimate of drug-likeness (QED) is 0.812. The van der Waals surface area contributed by atoms with Gasteiger partial charge < -0.3 is 9.94 Å². The molecule has 0 saturated heterocycles. The van der Waals surface area contributed by atoms with Crippen LogP contribution in [0.3, 0.4) is 0 Å². The van der Waals surface area contributed by atoms with Crippen LogP contribution in [0.2, 0.25) is 0 Å². The number of aliphatic carboxylic acids is 1. The maximum absolute atomic E-state index is 11.7. The maximum Gasteiger partial charge on any atom is 0.356 e. The molecule has 1 aromatic rings. The van der Waals surface area contributed by atoms with Gasteiger partial charge in [0.05, 0.1) is 11.5 Å². The van der Waals surface area contributed by atoms with Crippen LogP contribution in [0.5, 0.6) is 0 Å². The highest BCUT2D eigenvalue weighted by molar-refractivity contribution is 5.89. The molecule has 0 bridgehead atoms. The minimum atomic E-state index is -0.777. The SMILES string of the molecule is O=C(ON[C@@H]1CCC[C@@H](C(=O)O)C1)c1ccccc1. The molecule has 0 heterocycles. The van der Waals surface area contributed by atoms with Gasteiger partial charge in [-0.05, 0) is 31.4 Å². The number of benzene rings is 1. The molecule has 1 aromatic carbocycles. The Balaban J connectivity index is 1.82. The molecule has 0 spiro atoms. The summed E-state index contributed by atoms with van der Waals surface area (Å²) in [7, 11) is 0. The van der Waals surface area contributed by atoms with Crippen LogP contribution in [-0.4, -0.2) is 23.1 Å². The largest absolute Gasteiger partial charge is 0.481 e. The fourth-order valence-electron chi connectivity index (χ4n) is 2.29. The van der Waals surface area contributed by atoms with Gasteiger partial charge in [0.25, 0.3) is 0 Å². The molecule has 19 heavy (non-hydrogen) atoms. The molecule has 0 aromatic heterocycles. The lowest BCUT2D eigenvalue weighted by Crippen LogP contribution is -2.37. The summed E-state index contributed by atoms with van der Waals surface area (Å²) in [5, 5.41) is 8.98. The molecular formula is C14H17NO4. The lowest BCUT2D eigenvalue weighted by molar-refractivity contribution is -0.143. The second-order valence-electron chi connectivity index (χ2n) is 4.77. The van der Waals surface area contributed by atoms with E-state index in [0.717, 1.165) is 12.8 Å². The maximum atomic E-state index is 11.7. The van der Waals surface area contributed by atoms with Crippen LogP contribution in [0.25, 0.3) is 0 Å². The Labute approximate surface area is 111 Å². The van der Waals surface area contributed by atoms with Crippen molar-refractivity contribution >= 4 is 11.9 Å². The van der Waals surface area contributed by atoms with E-state index in [-0.39, 0.29) is 12.0 Å². The lowest BCUT2D eigenvalue weighted by atomic mass is 9.86. The number of hydroxylamine groups is 1. The first kappa shape index (κ1) is 13.5. The van der Waals surface area contributed by atoms with Crippen molar-refractivity contribution < 1.29 is 19.5 Å². The Bertz CT molecular complexity index is 446. The molecule has 0 radical (unpaired) electrons. The highest BCUT2D eigenvalue weighted by Gasteiger charge is 2.27. The summed E-state index contributed by atoms with van der Waals surface area (Å²) >= 11 is 0. The number of hydrogen-bond acceptors (Lipinski definition) is 4. The van der Waals surface area contributed by atoms with Gasteiger partial charge in [0.1, 0.15) is 0 Å². The fraction of sp³-hybridized carbons (Fsp3) is 0.429. The van der Waals surface area contributed by atoms with E-state index in [0.29, 0.717) is 18.4 Å². The van der Waals surface area contributed by atoms with E-state index >= 15 is 0 Å². The highest BCUT2D eigenvalue weighted by atomic mass is 16.7. The smallest absolute Gasteiger partial charge is 0.356 e. The number of nitrogens with one attached hydrogen (secondary N) is 1. The van der Waals surface area contributed by atoms with Crippen LogP contribution in [0.15, 0.2) is 30.3 Å². The Hall–Kier alpha value is -1.88. The van der Waals surface area contributed by atoms with Gasteiger partial charge in [-0.1, -0.05) is 24.6 Å². The summed E-state index contributed by atoms with van der Waals surface area (Å²) in [6.45, 7) is 0. The minimum absolute atomic E-state index is 0.0810. The number of rotatable bonds is 4. The fourth-order valence-corrected chi connectivity index (χ4v) is 2.29. The van der Waals surface area contributed by atoms with E-state index in [4.69, 9.17) is 9.94 Å². The van der Waals surface area contributed by atoms with Crippen molar-refractivity contribution in [2.24, 2.45) is 5.92 Å². The second kappa shape index (κ2) is 6.33. The first-order valence-corrected chi connectivity index (χ1v) is 6.41. The van der Waals surface area contributed by atoms with Crippen molar-refractivity contribution in [2.75, 3.05) is 0 Å². The summed E-state index contributed by atoms with van der Waals surface area (Å²) in [5.41, 5.74) is 3.16. The number of carbonyl (C=O) groups excluding carboxylic acids is 1. The molecule has 1 aliphatic rings. The number of carbonyl (C=O) groups is 2. The van der Waals surface area contributed by atoms with Crippen LogP contribution >= 0.6 is 0 Å². The molecule has 2 N–H and O–H groups in total. The number of carboxylic acids is 1. The second-order valence-corrected chi connectivity index (χ2v) is 4.77. The van der Waals surface area contributed by atoms with Crippen molar-refractivity contribution in [3.8, 4) is 0 Å². The molecule has 1 saturated carbocycles. The van der Waals surface area contributed by atoms with E-state index in [1.807, 2.05) is 6.07 Å². The van der Waals surface area contributed by atoms with E-state index in [9.17, 15) is 9.59 Å². The van der Waals surface area contributed by atoms with E-state index in [2.05, 4.69) is 5.48 Å². The van der Waals surface area contributed by atoms with Crippen molar-refractivity contribution in [2.45, 2.75) is 31.7 Å². The molecule has 5 nitrogen and oxygen atoms in total. The van der Waals surface area contributed by atoms with Crippen molar-refractivity contribution in [3.05, 3.63) is 35.9 Å². The summed E-state index contributed by atoms with van der Waals surface area (Å²) in [6, 6.07) is 8.61. The first-order valence-electron chi connectivity index (χ1n) is 6.41. The third kappa shape index (κ3) is 3.79. The van der Waals surface area contributed by atoms with Crippen LogP contribution in [-0.2, 0) is 9.63 Å². The first-order chi connectivity index (χ1) is 9.16. The van der Waals surface area contributed by atoms with Gasteiger partial charge in [0.2, 0.25) is 0 Å². The predicted octanol–water partition coefficient (Wildman–Crippen LogP) is 1.99. The number of hydrogen-bond donors (Lipinski definition) is 2. The Morgan fingerprint density at radius 1 is 1.21 bits per heavy atom. The minimum Gasteiger partial charge on any atom is -0.481 e. The molecule has 2 atom stereocenters. The molecule has 2 rings (SSSR count). The Kier molecular flexibility index (Phi) is 4.52. The van der Waals surface area contributed by atoms with Crippen molar-refractivity contribution in [1.82, 2.24) is 5.48 Å². The van der Waals surface area contributed by atoms with Crippen LogP contribution in [0.1, 0.15) is 36.0 Å². The Morgan fingerprint density at radius 3 is 2.63 bits per heavy atom. The zero-order valence-electron chi connectivity index (χ0n) is 10.5. The van der Waals surface area contributed by atoms with E-state index in [1.165, 1.54) is 0 Å². The number of carboxylic acid groups (broad SMARTS) is 1. The molecule has 0 aliphatic heterocycles. The summed E-state index contributed by atoms with van der Waals surface area (Å²) < 4.78 is 0. The lowest BCUT2D eigenvalue weighted by Gasteiger charge is -2.26. The topological polar surface area (TPSA) is 75.6 Å². The van der Waals surface area contributed by atoms with Crippen LogP contribution < -0.4 is 5.48 Å². The van der Waals surface area contributed by atoms with Gasteiger partial charge >= 0.3 is 11.9 Å². The van der Waals surface area contributed by atoms with E-state index < -0.39 is 11.9 Å². The average molecular weight is 263 g/mol. The standard InChI is InChI=1S/C14H17NO4/c16-13(17)11-7-4-8-12(9-11)15-19-14(18)10-5-2-1-3-6-10/h1-3,5-6,11-12,15H,4,7-9H2,(H,16,17)/t11-,12-/m1/s1. The molecule has 1 aliphatic carbocycles. The van der Waals surface area contributed by atoms with Crippen LogP contribution in [0.4, 0.5) is 0 Å². The molecule has 0 amide bonds. The van der Waals surface area contributed by atoms with Gasteiger partial charge in [0.15, 0.2) is 0 Å². The van der Waals surface area contributed by atoms with Crippen molar-refractivity contribution in [1.29, 1.82) is 0 Å². The molecular weight excluding hydrogens is 246 g/mol. The molecule has 1 fully saturated rings. The van der Waals surface area contributed by atoms with Gasteiger partial charge in [-0.25, -0.2) is 4.79 Å². The highest BCUT2D eigenvalue weighted by Crippen LogP contribution is 2.24. The monoisotopic (exact) mass is 263 g/mol. The third-order valence-corrected chi connectivity index (χ3v) is 3.35. The zero-order valence-corrected chi connectivity index (χ0v) is 10.5.